The van der Waals surface area contributed by atoms with E-state index in [1.54, 1.807) is 0 Å². The Morgan fingerprint density at radius 3 is 2.94 bits per heavy atom. The zero-order valence-electron chi connectivity index (χ0n) is 10.7. The molecule has 0 bridgehead atoms. The average Bonchev–Trinajstić information content (AvgIpc) is 2.58. The Morgan fingerprint density at radius 1 is 1.56 bits per heavy atom. The molecular formula is C13H23N3. The molecule has 0 spiro atoms. The quantitative estimate of drug-likeness (QED) is 0.566. The molecule has 0 fully saturated rings. The summed E-state index contributed by atoms with van der Waals surface area (Å²) in [4.78, 5) is 4.37. The van der Waals surface area contributed by atoms with E-state index in [1.807, 2.05) is 12.3 Å². The number of unbranched alkanes of at least 4 members (excludes halogenated alkanes) is 1. The van der Waals surface area contributed by atoms with E-state index in [-0.39, 0.29) is 0 Å². The van der Waals surface area contributed by atoms with E-state index in [4.69, 9.17) is 0 Å². The van der Waals surface area contributed by atoms with Gasteiger partial charge in [0, 0.05) is 25.3 Å². The van der Waals surface area contributed by atoms with Gasteiger partial charge in [-0.3, -0.25) is 0 Å². The summed E-state index contributed by atoms with van der Waals surface area (Å²) in [6.45, 7) is 12.1. The molecule has 1 rings (SSSR count). The molecule has 0 aliphatic heterocycles. The molecule has 1 N–H and O–H groups in total. The van der Waals surface area contributed by atoms with Crippen LogP contribution in [0.4, 0.5) is 0 Å². The third kappa shape index (κ3) is 3.81. The summed E-state index contributed by atoms with van der Waals surface area (Å²) in [5.41, 5.74) is 1.27. The van der Waals surface area contributed by atoms with Crippen molar-refractivity contribution < 1.29 is 0 Å². The Hall–Kier alpha value is -1.09. The van der Waals surface area contributed by atoms with Crippen LogP contribution in [0, 0.1) is 6.92 Å². The molecule has 1 aromatic rings. The Balaban J connectivity index is 2.58. The molecule has 1 heterocycles. The highest BCUT2D eigenvalue weighted by atomic mass is 15.1. The van der Waals surface area contributed by atoms with Crippen LogP contribution >= 0.6 is 0 Å². The van der Waals surface area contributed by atoms with Gasteiger partial charge in [-0.1, -0.05) is 19.9 Å². The number of aromatic nitrogens is 2. The van der Waals surface area contributed by atoms with Gasteiger partial charge in [0.2, 0.25) is 0 Å². The molecule has 0 atom stereocenters. The van der Waals surface area contributed by atoms with Crippen LogP contribution < -0.4 is 5.32 Å². The van der Waals surface area contributed by atoms with Crippen molar-refractivity contribution in [3.63, 3.8) is 0 Å². The highest BCUT2D eigenvalue weighted by Gasteiger charge is 2.06. The number of aryl methyl sites for hydroxylation is 1. The first-order chi connectivity index (χ1) is 7.65. The Bertz CT molecular complexity index is 326. The first-order valence-electron chi connectivity index (χ1n) is 6.00. The van der Waals surface area contributed by atoms with Crippen molar-refractivity contribution in [3.05, 3.63) is 30.4 Å². The summed E-state index contributed by atoms with van der Waals surface area (Å²) in [5, 5.41) is 3.42. The van der Waals surface area contributed by atoms with Crippen LogP contribution in [-0.4, -0.2) is 15.6 Å². The molecule has 0 aliphatic carbocycles. The summed E-state index contributed by atoms with van der Waals surface area (Å²) in [7, 11) is 0. The summed E-state index contributed by atoms with van der Waals surface area (Å²) in [6.07, 6.45) is 6.14. The monoisotopic (exact) mass is 221 g/mol. The van der Waals surface area contributed by atoms with Gasteiger partial charge < -0.3 is 9.88 Å². The molecule has 16 heavy (non-hydrogen) atoms. The van der Waals surface area contributed by atoms with Gasteiger partial charge in [-0.25, -0.2) is 4.98 Å². The molecule has 1 aromatic heterocycles. The van der Waals surface area contributed by atoms with Gasteiger partial charge in [0.05, 0.1) is 5.69 Å². The second-order valence-corrected chi connectivity index (χ2v) is 4.41. The smallest absolute Gasteiger partial charge is 0.105 e. The normalized spacial score (nSPS) is 11.0. The molecular weight excluding hydrogens is 198 g/mol. The molecule has 0 aromatic carbocycles. The van der Waals surface area contributed by atoms with Gasteiger partial charge in [-0.2, -0.15) is 0 Å². The number of imidazole rings is 1. The maximum atomic E-state index is 4.37. The molecule has 90 valence electrons. The fraction of sp³-hybridized carbons (Fsp3) is 0.615. The first kappa shape index (κ1) is 13.0. The van der Waals surface area contributed by atoms with E-state index < -0.39 is 0 Å². The Labute approximate surface area is 98.6 Å². The SMILES string of the molecule is C=CCCCn1c(CNC(C)C)cnc1C. The van der Waals surface area contributed by atoms with Crippen LogP contribution in [0.25, 0.3) is 0 Å². The maximum Gasteiger partial charge on any atom is 0.105 e. The highest BCUT2D eigenvalue weighted by Crippen LogP contribution is 2.07. The van der Waals surface area contributed by atoms with Gasteiger partial charge >= 0.3 is 0 Å². The number of hydrogen-bond acceptors (Lipinski definition) is 2. The Kier molecular flexibility index (Phi) is 5.26. The predicted molar refractivity (Wildman–Crippen MR) is 68.4 cm³/mol. The summed E-state index contributed by atoms with van der Waals surface area (Å²) >= 11 is 0. The average molecular weight is 221 g/mol. The summed E-state index contributed by atoms with van der Waals surface area (Å²) in [5.74, 6) is 1.10. The van der Waals surface area contributed by atoms with Crippen molar-refractivity contribution in [1.29, 1.82) is 0 Å². The zero-order valence-corrected chi connectivity index (χ0v) is 10.7. The lowest BCUT2D eigenvalue weighted by Crippen LogP contribution is -2.23. The van der Waals surface area contributed by atoms with Crippen LogP contribution in [-0.2, 0) is 13.1 Å². The minimum atomic E-state index is 0.511. The van der Waals surface area contributed by atoms with Crippen LogP contribution in [0.3, 0.4) is 0 Å². The summed E-state index contributed by atoms with van der Waals surface area (Å²) < 4.78 is 2.29. The van der Waals surface area contributed by atoms with Crippen molar-refractivity contribution in [2.45, 2.75) is 52.7 Å². The standard InChI is InChI=1S/C13H23N3/c1-5-6-7-8-16-12(4)15-10-13(16)9-14-11(2)3/h5,10-11,14H,1,6-9H2,2-4H3. The largest absolute Gasteiger partial charge is 0.331 e. The predicted octanol–water partition coefficient (Wildman–Crippen LogP) is 2.66. The number of allylic oxidation sites excluding steroid dienone is 1. The fourth-order valence-corrected chi connectivity index (χ4v) is 1.66. The van der Waals surface area contributed by atoms with Crippen molar-refractivity contribution in [2.75, 3.05) is 0 Å². The third-order valence-electron chi connectivity index (χ3n) is 2.62. The van der Waals surface area contributed by atoms with E-state index in [0.717, 1.165) is 31.8 Å². The fourth-order valence-electron chi connectivity index (χ4n) is 1.66. The van der Waals surface area contributed by atoms with E-state index >= 15 is 0 Å². The van der Waals surface area contributed by atoms with E-state index in [9.17, 15) is 0 Å². The van der Waals surface area contributed by atoms with Gasteiger partial charge in [0.15, 0.2) is 0 Å². The van der Waals surface area contributed by atoms with Crippen molar-refractivity contribution in [3.8, 4) is 0 Å². The molecule has 3 nitrogen and oxygen atoms in total. The van der Waals surface area contributed by atoms with Crippen LogP contribution in [0.2, 0.25) is 0 Å². The molecule has 0 saturated heterocycles. The Morgan fingerprint density at radius 2 is 2.31 bits per heavy atom. The second-order valence-electron chi connectivity index (χ2n) is 4.41. The van der Waals surface area contributed by atoms with Gasteiger partial charge in [-0.05, 0) is 19.8 Å². The number of nitrogens with zero attached hydrogens (tertiary/aromatic N) is 2. The minimum Gasteiger partial charge on any atom is -0.331 e. The molecule has 0 radical (unpaired) electrons. The molecule has 0 amide bonds. The van der Waals surface area contributed by atoms with E-state index in [1.165, 1.54) is 5.69 Å². The topological polar surface area (TPSA) is 29.9 Å². The van der Waals surface area contributed by atoms with Gasteiger partial charge in [0.1, 0.15) is 5.82 Å². The molecule has 0 aliphatic rings. The first-order valence-corrected chi connectivity index (χ1v) is 6.00. The minimum absolute atomic E-state index is 0.511. The van der Waals surface area contributed by atoms with Crippen LogP contribution in [0.5, 0.6) is 0 Å². The van der Waals surface area contributed by atoms with Crippen LogP contribution in [0.15, 0.2) is 18.9 Å². The van der Waals surface area contributed by atoms with Crippen molar-refractivity contribution in [2.24, 2.45) is 0 Å². The molecule has 0 saturated carbocycles. The lowest BCUT2D eigenvalue weighted by molar-refractivity contribution is 0.542. The van der Waals surface area contributed by atoms with Crippen molar-refractivity contribution >= 4 is 0 Å². The highest BCUT2D eigenvalue weighted by molar-refractivity contribution is 5.04. The number of hydrogen-bond donors (Lipinski definition) is 1. The third-order valence-corrected chi connectivity index (χ3v) is 2.62. The lowest BCUT2D eigenvalue weighted by Gasteiger charge is -2.12. The van der Waals surface area contributed by atoms with Crippen molar-refractivity contribution in [1.82, 2.24) is 14.9 Å². The van der Waals surface area contributed by atoms with Gasteiger partial charge in [-0.15, -0.1) is 6.58 Å². The second kappa shape index (κ2) is 6.48. The van der Waals surface area contributed by atoms with Crippen LogP contribution in [0.1, 0.15) is 38.2 Å². The zero-order chi connectivity index (χ0) is 12.0. The lowest BCUT2D eigenvalue weighted by atomic mass is 10.3. The molecule has 0 unspecified atom stereocenters. The van der Waals surface area contributed by atoms with E-state index in [0.29, 0.717) is 6.04 Å². The number of nitrogens with one attached hydrogen (secondary N) is 1. The van der Waals surface area contributed by atoms with Gasteiger partial charge in [0.25, 0.3) is 0 Å². The maximum absolute atomic E-state index is 4.37. The number of rotatable bonds is 7. The summed E-state index contributed by atoms with van der Waals surface area (Å²) in [6, 6.07) is 0.511. The molecule has 3 heteroatoms. The van der Waals surface area contributed by atoms with E-state index in [2.05, 4.69) is 42.2 Å².